The van der Waals surface area contributed by atoms with Crippen LogP contribution < -0.4 is 15.8 Å². The van der Waals surface area contributed by atoms with E-state index in [9.17, 15) is 0 Å². The minimum absolute atomic E-state index is 0.0309. The SMILES string of the molecule is NC(CO)CNCCc1ccc2c(c1)CCCO2. The molecule has 0 aromatic heterocycles. The summed E-state index contributed by atoms with van der Waals surface area (Å²) in [5.74, 6) is 1.04. The lowest BCUT2D eigenvalue weighted by Crippen LogP contribution is -2.37. The average Bonchev–Trinajstić information content (AvgIpc) is 2.43. The molecule has 0 saturated carbocycles. The van der Waals surface area contributed by atoms with Crippen LogP contribution in [0.25, 0.3) is 0 Å². The molecule has 4 nitrogen and oxygen atoms in total. The number of rotatable bonds is 6. The van der Waals surface area contributed by atoms with Crippen LogP contribution >= 0.6 is 0 Å². The van der Waals surface area contributed by atoms with Gasteiger partial charge in [0.1, 0.15) is 5.75 Å². The highest BCUT2D eigenvalue weighted by Gasteiger charge is 2.10. The molecule has 1 aliphatic heterocycles. The van der Waals surface area contributed by atoms with Gasteiger partial charge in [0.15, 0.2) is 0 Å². The fourth-order valence-corrected chi connectivity index (χ4v) is 2.15. The lowest BCUT2D eigenvalue weighted by Gasteiger charge is -2.18. The number of nitrogens with two attached hydrogens (primary N) is 1. The van der Waals surface area contributed by atoms with Crippen molar-refractivity contribution in [2.24, 2.45) is 5.73 Å². The van der Waals surface area contributed by atoms with Crippen LogP contribution in [0.4, 0.5) is 0 Å². The second kappa shape index (κ2) is 6.73. The summed E-state index contributed by atoms with van der Waals surface area (Å²) in [6.07, 6.45) is 3.21. The van der Waals surface area contributed by atoms with E-state index in [0.717, 1.165) is 38.2 Å². The summed E-state index contributed by atoms with van der Waals surface area (Å²) >= 11 is 0. The Morgan fingerprint density at radius 2 is 2.33 bits per heavy atom. The topological polar surface area (TPSA) is 67.5 Å². The van der Waals surface area contributed by atoms with E-state index in [2.05, 4.69) is 23.5 Å². The largest absolute Gasteiger partial charge is 0.493 e. The summed E-state index contributed by atoms with van der Waals surface area (Å²) in [4.78, 5) is 0. The van der Waals surface area contributed by atoms with E-state index in [1.165, 1.54) is 11.1 Å². The molecular formula is C14H22N2O2. The standard InChI is InChI=1S/C14H22N2O2/c15-13(10-17)9-16-6-5-11-3-4-14-12(8-11)2-1-7-18-14/h3-4,8,13,16-17H,1-2,5-7,9-10,15H2. The van der Waals surface area contributed by atoms with Crippen molar-refractivity contribution in [2.75, 3.05) is 26.3 Å². The zero-order valence-electron chi connectivity index (χ0n) is 10.7. The van der Waals surface area contributed by atoms with Crippen LogP contribution in [0.2, 0.25) is 0 Å². The molecule has 4 heteroatoms. The molecule has 0 radical (unpaired) electrons. The molecule has 0 saturated heterocycles. The van der Waals surface area contributed by atoms with E-state index in [1.54, 1.807) is 0 Å². The number of fused-ring (bicyclic) bond motifs is 1. The van der Waals surface area contributed by atoms with Gasteiger partial charge in [-0.05, 0) is 43.0 Å². The van der Waals surface area contributed by atoms with E-state index in [-0.39, 0.29) is 12.6 Å². The molecule has 18 heavy (non-hydrogen) atoms. The van der Waals surface area contributed by atoms with Gasteiger partial charge < -0.3 is 20.9 Å². The fourth-order valence-electron chi connectivity index (χ4n) is 2.15. The molecule has 1 aromatic rings. The zero-order valence-corrected chi connectivity index (χ0v) is 10.7. The summed E-state index contributed by atoms with van der Waals surface area (Å²) < 4.78 is 5.59. The lowest BCUT2D eigenvalue weighted by molar-refractivity contribution is 0.262. The first-order valence-corrected chi connectivity index (χ1v) is 6.61. The molecule has 0 aliphatic carbocycles. The van der Waals surface area contributed by atoms with Crippen LogP contribution in [0.5, 0.6) is 5.75 Å². The van der Waals surface area contributed by atoms with Gasteiger partial charge >= 0.3 is 0 Å². The van der Waals surface area contributed by atoms with Gasteiger partial charge in [-0.1, -0.05) is 12.1 Å². The Hall–Kier alpha value is -1.10. The monoisotopic (exact) mass is 250 g/mol. The van der Waals surface area contributed by atoms with E-state index in [0.29, 0.717) is 6.54 Å². The zero-order chi connectivity index (χ0) is 12.8. The van der Waals surface area contributed by atoms with Crippen molar-refractivity contribution >= 4 is 0 Å². The molecule has 1 aromatic carbocycles. The molecule has 0 amide bonds. The smallest absolute Gasteiger partial charge is 0.122 e. The van der Waals surface area contributed by atoms with Crippen LogP contribution in [0.15, 0.2) is 18.2 Å². The number of hydrogen-bond acceptors (Lipinski definition) is 4. The molecule has 1 aliphatic rings. The highest BCUT2D eigenvalue weighted by molar-refractivity contribution is 5.38. The number of ether oxygens (including phenoxy) is 1. The molecule has 0 fully saturated rings. The van der Waals surface area contributed by atoms with Crippen LogP contribution in [0.1, 0.15) is 17.5 Å². The number of hydrogen-bond donors (Lipinski definition) is 3. The molecule has 1 unspecified atom stereocenters. The third-order valence-corrected chi connectivity index (χ3v) is 3.20. The minimum atomic E-state index is -0.165. The van der Waals surface area contributed by atoms with Gasteiger partial charge in [-0.2, -0.15) is 0 Å². The molecular weight excluding hydrogens is 228 g/mol. The van der Waals surface area contributed by atoms with E-state index >= 15 is 0 Å². The van der Waals surface area contributed by atoms with Gasteiger partial charge in [0, 0.05) is 12.6 Å². The van der Waals surface area contributed by atoms with E-state index in [1.807, 2.05) is 0 Å². The first-order chi connectivity index (χ1) is 8.79. The summed E-state index contributed by atoms with van der Waals surface area (Å²) in [6.45, 7) is 2.41. The van der Waals surface area contributed by atoms with E-state index < -0.39 is 0 Å². The fraction of sp³-hybridized carbons (Fsp3) is 0.571. The van der Waals surface area contributed by atoms with Crippen LogP contribution in [0, 0.1) is 0 Å². The Bertz CT molecular complexity index is 382. The third kappa shape index (κ3) is 3.70. The van der Waals surface area contributed by atoms with Crippen LogP contribution in [-0.2, 0) is 12.8 Å². The first kappa shape index (κ1) is 13.3. The number of benzene rings is 1. The van der Waals surface area contributed by atoms with Gasteiger partial charge in [0.2, 0.25) is 0 Å². The molecule has 1 atom stereocenters. The van der Waals surface area contributed by atoms with Gasteiger partial charge in [0.05, 0.1) is 13.2 Å². The Balaban J connectivity index is 1.79. The molecule has 100 valence electrons. The van der Waals surface area contributed by atoms with Gasteiger partial charge in [-0.15, -0.1) is 0 Å². The second-order valence-electron chi connectivity index (χ2n) is 4.79. The molecule has 4 N–H and O–H groups in total. The Morgan fingerprint density at radius 1 is 1.44 bits per heavy atom. The normalized spacial score (nSPS) is 15.9. The maximum atomic E-state index is 8.80. The first-order valence-electron chi connectivity index (χ1n) is 6.61. The number of aliphatic hydroxyl groups is 1. The highest BCUT2D eigenvalue weighted by Crippen LogP contribution is 2.25. The summed E-state index contributed by atoms with van der Waals surface area (Å²) in [5, 5.41) is 12.1. The van der Waals surface area contributed by atoms with Crippen molar-refractivity contribution < 1.29 is 9.84 Å². The molecule has 1 heterocycles. The summed E-state index contributed by atoms with van der Waals surface area (Å²) in [7, 11) is 0. The quantitative estimate of drug-likeness (QED) is 0.642. The summed E-state index contributed by atoms with van der Waals surface area (Å²) in [6, 6.07) is 6.27. The molecule has 2 rings (SSSR count). The van der Waals surface area contributed by atoms with Crippen molar-refractivity contribution in [2.45, 2.75) is 25.3 Å². The van der Waals surface area contributed by atoms with Crippen molar-refractivity contribution in [1.29, 1.82) is 0 Å². The lowest BCUT2D eigenvalue weighted by atomic mass is 10.0. The second-order valence-corrected chi connectivity index (χ2v) is 4.79. The maximum Gasteiger partial charge on any atom is 0.122 e. The predicted octanol–water partition coefficient (Wildman–Crippen LogP) is 0.463. The Labute approximate surface area is 108 Å². The van der Waals surface area contributed by atoms with Crippen molar-refractivity contribution in [3.63, 3.8) is 0 Å². The molecule has 0 spiro atoms. The van der Waals surface area contributed by atoms with Gasteiger partial charge in [-0.3, -0.25) is 0 Å². The predicted molar refractivity (Wildman–Crippen MR) is 71.9 cm³/mol. The maximum absolute atomic E-state index is 8.80. The highest BCUT2D eigenvalue weighted by atomic mass is 16.5. The third-order valence-electron chi connectivity index (χ3n) is 3.20. The van der Waals surface area contributed by atoms with E-state index in [4.69, 9.17) is 15.6 Å². The Morgan fingerprint density at radius 3 is 3.17 bits per heavy atom. The van der Waals surface area contributed by atoms with Crippen LogP contribution in [-0.4, -0.2) is 37.5 Å². The number of aryl methyl sites for hydroxylation is 1. The van der Waals surface area contributed by atoms with Crippen molar-refractivity contribution in [3.8, 4) is 5.75 Å². The Kier molecular flexibility index (Phi) is 4.99. The number of nitrogens with one attached hydrogen (secondary N) is 1. The minimum Gasteiger partial charge on any atom is -0.493 e. The summed E-state index contributed by atoms with van der Waals surface area (Å²) in [5.41, 5.74) is 8.26. The van der Waals surface area contributed by atoms with Crippen molar-refractivity contribution in [1.82, 2.24) is 5.32 Å². The number of aliphatic hydroxyl groups excluding tert-OH is 1. The van der Waals surface area contributed by atoms with Crippen molar-refractivity contribution in [3.05, 3.63) is 29.3 Å². The molecule has 0 bridgehead atoms. The van der Waals surface area contributed by atoms with Gasteiger partial charge in [0.25, 0.3) is 0 Å². The van der Waals surface area contributed by atoms with Gasteiger partial charge in [-0.25, -0.2) is 0 Å². The van der Waals surface area contributed by atoms with Crippen LogP contribution in [0.3, 0.4) is 0 Å². The average molecular weight is 250 g/mol.